The Morgan fingerprint density at radius 2 is 0.963 bits per heavy atom. The van der Waals surface area contributed by atoms with Gasteiger partial charge in [0.15, 0.2) is 11.8 Å². The van der Waals surface area contributed by atoms with Gasteiger partial charge in [0, 0.05) is 144 Å². The monoisotopic (exact) mass is 1460 g/mol. The number of carbonyl (C=O) groups is 3. The number of aliphatic carboxylic acids is 1. The maximum Gasteiger partial charge on any atom is 0.327 e. The van der Waals surface area contributed by atoms with Crippen LogP contribution in [0.2, 0.25) is 0 Å². The SMILES string of the molecule is CC(=O)C[C@H](c1ccn(-c2ccccc2)n1)N1CCCN(c2cc(C(C)C)cc3cccnc23)CC1.CCOc1c(C)cc2cccnc2c1N1CCCN(C(C(C)=O)c2ccn(-c3ccccc3)n2)CC1.O=C(O)C(c1ccn(-c2ccccc2)n1)N1CCCN(c2cc(-c3ncco3)cc3cccnc23)CC1. The van der Waals surface area contributed by atoms with Crippen LogP contribution < -0.4 is 19.4 Å². The number of hydrogen-bond acceptors (Lipinski definition) is 18. The molecule has 7 aromatic heterocycles. The van der Waals surface area contributed by atoms with Gasteiger partial charge >= 0.3 is 5.97 Å². The lowest BCUT2D eigenvalue weighted by molar-refractivity contribution is -0.143. The zero-order chi connectivity index (χ0) is 75.3. The highest BCUT2D eigenvalue weighted by Crippen LogP contribution is 2.41. The first kappa shape index (κ1) is 74.1. The fourth-order valence-electron chi connectivity index (χ4n) is 15.4. The Bertz CT molecular complexity index is 5220. The Kier molecular flexibility index (Phi) is 23.4. The van der Waals surface area contributed by atoms with Crippen molar-refractivity contribution < 1.29 is 28.6 Å². The van der Waals surface area contributed by atoms with Gasteiger partial charge in [0.1, 0.15) is 29.5 Å². The first-order valence-electron chi connectivity index (χ1n) is 37.9. The zero-order valence-corrected chi connectivity index (χ0v) is 62.8. The number of benzene rings is 6. The van der Waals surface area contributed by atoms with Gasteiger partial charge in [0.05, 0.1) is 80.9 Å². The molecule has 0 bridgehead atoms. The van der Waals surface area contributed by atoms with Gasteiger partial charge in [0.25, 0.3) is 0 Å². The minimum absolute atomic E-state index is 0.0238. The molecule has 22 nitrogen and oxygen atoms in total. The minimum Gasteiger partial charge on any atom is -0.491 e. The van der Waals surface area contributed by atoms with Gasteiger partial charge in [-0.15, -0.1) is 0 Å². The Hall–Kier alpha value is -11.7. The van der Waals surface area contributed by atoms with Gasteiger partial charge in [-0.05, 0) is 167 Å². The number of hydrogen-bond donors (Lipinski definition) is 1. The Labute approximate surface area is 635 Å². The van der Waals surface area contributed by atoms with E-state index in [4.69, 9.17) is 29.3 Å². The number of fused-ring (bicyclic) bond motifs is 3. The van der Waals surface area contributed by atoms with E-state index in [1.165, 1.54) is 16.6 Å². The van der Waals surface area contributed by atoms with Crippen molar-refractivity contribution in [2.45, 2.75) is 91.3 Å². The topological polar surface area (TPSA) is 218 Å². The quantitative estimate of drug-likeness (QED) is 0.0750. The molecule has 3 aliphatic rings. The number of pyridine rings is 3. The van der Waals surface area contributed by atoms with Crippen molar-refractivity contribution in [3.63, 3.8) is 0 Å². The molecule has 3 saturated heterocycles. The van der Waals surface area contributed by atoms with E-state index in [1.807, 2.05) is 180 Å². The van der Waals surface area contributed by atoms with Crippen LogP contribution in [0.3, 0.4) is 0 Å². The average Bonchev–Trinajstić information content (AvgIpc) is 1.65. The summed E-state index contributed by atoms with van der Waals surface area (Å²) < 4.78 is 17.2. The fourth-order valence-corrected chi connectivity index (χ4v) is 15.4. The molecule has 13 aromatic rings. The molecular weight excluding hydrogens is 1370 g/mol. The van der Waals surface area contributed by atoms with Gasteiger partial charge in [-0.25, -0.2) is 19.0 Å². The molecule has 0 radical (unpaired) electrons. The summed E-state index contributed by atoms with van der Waals surface area (Å²) in [6, 6.07) is 57.5. The first-order valence-corrected chi connectivity index (χ1v) is 37.9. The fraction of sp³-hybridized carbons (Fsp3) is 0.310. The summed E-state index contributed by atoms with van der Waals surface area (Å²) in [5.74, 6) is 1.32. The molecule has 10 heterocycles. The van der Waals surface area contributed by atoms with Crippen molar-refractivity contribution in [2.75, 3.05) is 99.8 Å². The van der Waals surface area contributed by atoms with E-state index in [2.05, 4.69) is 103 Å². The van der Waals surface area contributed by atoms with E-state index >= 15 is 0 Å². The maximum absolute atomic E-state index is 12.9. The van der Waals surface area contributed by atoms with Crippen LogP contribution in [0.4, 0.5) is 17.1 Å². The molecule has 3 aliphatic heterocycles. The van der Waals surface area contributed by atoms with Crippen LogP contribution in [0, 0.1) is 6.92 Å². The average molecular weight is 1460 g/mol. The number of carbonyl (C=O) groups excluding carboxylic acids is 2. The number of para-hydroxylation sites is 3. The second kappa shape index (κ2) is 34.5. The van der Waals surface area contributed by atoms with E-state index in [9.17, 15) is 19.5 Å². The molecule has 109 heavy (non-hydrogen) atoms. The van der Waals surface area contributed by atoms with Gasteiger partial charge in [0.2, 0.25) is 5.89 Å². The molecule has 1 N–H and O–H groups in total. The highest BCUT2D eigenvalue weighted by atomic mass is 16.5. The number of nitrogens with zero attached hydrogens (tertiary/aromatic N) is 16. The molecule has 558 valence electrons. The van der Waals surface area contributed by atoms with Gasteiger partial charge in [-0.2, -0.15) is 15.3 Å². The summed E-state index contributed by atoms with van der Waals surface area (Å²) in [7, 11) is 0. The van der Waals surface area contributed by atoms with Crippen LogP contribution >= 0.6 is 0 Å². The van der Waals surface area contributed by atoms with Crippen molar-refractivity contribution >= 4 is 67.3 Å². The van der Waals surface area contributed by atoms with Gasteiger partial charge in [-0.1, -0.05) is 86.6 Å². The standard InChI is InChI=1S/C30H35N5O.C29H33N5O2.C28H26N6O3/c1-22(2)25-20-24-9-7-13-31-30(24)29(21-25)34-15-8-14-33(17-18-34)28(19-23(3)36)27-12-16-35(32-27)26-10-5-4-6-11-26;1-4-36-29-21(2)20-23-10-8-14-30-26(23)28(29)33-16-9-15-32(18-19-33)27(22(3)35)25-13-17-34(31-25)24-11-6-5-7-12-24;35-28(36)26(23-9-14-34(31-23)22-7-2-1-3-8-22)33-13-5-12-32(15-16-33)24-19-21(27-30-11-17-37-27)18-20-6-4-10-29-25(20)24/h4-7,9-13,16,20-22,28H,8,14-15,17-19H2,1-3H3;5-8,10-14,17,20,27H,4,9,15-16,18-19H2,1-3H3;1-4,6-11,14,17-19,26H,5,12-13,15-16H2,(H,35,36)/t28-;;/m1../s1. The molecule has 0 spiro atoms. The molecule has 6 aromatic carbocycles. The molecular formula is C87H94N16O6. The lowest BCUT2D eigenvalue weighted by Crippen LogP contribution is -2.37. The van der Waals surface area contributed by atoms with Crippen molar-refractivity contribution in [3.8, 4) is 34.3 Å². The number of aromatic nitrogens is 10. The second-order valence-corrected chi connectivity index (χ2v) is 28.4. The number of ketones is 2. The largest absolute Gasteiger partial charge is 0.491 e. The maximum atomic E-state index is 12.9. The summed E-state index contributed by atoms with van der Waals surface area (Å²) in [4.78, 5) is 69.9. The second-order valence-electron chi connectivity index (χ2n) is 28.4. The summed E-state index contributed by atoms with van der Waals surface area (Å²) in [5.41, 5.74) is 14.7. The summed E-state index contributed by atoms with van der Waals surface area (Å²) >= 11 is 0. The van der Waals surface area contributed by atoms with Crippen LogP contribution in [0.15, 0.2) is 230 Å². The molecule has 2 unspecified atom stereocenters. The molecule has 16 rings (SSSR count). The van der Waals surface area contributed by atoms with Gasteiger partial charge in [-0.3, -0.25) is 44.0 Å². The minimum atomic E-state index is -0.898. The Morgan fingerprint density at radius 1 is 0.486 bits per heavy atom. The number of Topliss-reactive ketones (excluding diaryl/α,β-unsaturated/α-hetero) is 2. The highest BCUT2D eigenvalue weighted by molar-refractivity contribution is 5.97. The number of ether oxygens (including phenoxy) is 1. The van der Waals surface area contributed by atoms with E-state index < -0.39 is 12.0 Å². The van der Waals surface area contributed by atoms with Crippen molar-refractivity contribution in [2.24, 2.45) is 0 Å². The predicted molar refractivity (Wildman–Crippen MR) is 428 cm³/mol. The molecule has 3 fully saturated rings. The Morgan fingerprint density at radius 3 is 1.49 bits per heavy atom. The number of carboxylic acids is 1. The predicted octanol–water partition coefficient (Wildman–Crippen LogP) is 15.2. The van der Waals surface area contributed by atoms with Gasteiger partial charge < -0.3 is 29.0 Å². The normalized spacial score (nSPS) is 15.6. The van der Waals surface area contributed by atoms with Crippen LogP contribution in [-0.4, -0.2) is 172 Å². The van der Waals surface area contributed by atoms with Crippen molar-refractivity contribution in [3.05, 3.63) is 254 Å². The lowest BCUT2D eigenvalue weighted by Gasteiger charge is -2.29. The molecule has 22 heteroatoms. The zero-order valence-electron chi connectivity index (χ0n) is 62.8. The number of aryl methyl sites for hydroxylation is 1. The van der Waals surface area contributed by atoms with E-state index in [0.29, 0.717) is 50.2 Å². The number of anilines is 3. The van der Waals surface area contributed by atoms with Crippen LogP contribution in [-0.2, 0) is 14.4 Å². The van der Waals surface area contributed by atoms with Crippen molar-refractivity contribution in [1.29, 1.82) is 0 Å². The first-order chi connectivity index (χ1) is 53.2. The highest BCUT2D eigenvalue weighted by Gasteiger charge is 2.34. The third-order valence-corrected chi connectivity index (χ3v) is 20.7. The van der Waals surface area contributed by atoms with E-state index in [0.717, 1.165) is 162 Å². The van der Waals surface area contributed by atoms with Crippen LogP contribution in [0.5, 0.6) is 5.75 Å². The lowest BCUT2D eigenvalue weighted by atomic mass is 9.99. The van der Waals surface area contributed by atoms with E-state index in [-0.39, 0.29) is 23.7 Å². The number of oxazole rings is 1. The molecule has 0 aliphatic carbocycles. The number of rotatable bonds is 20. The van der Waals surface area contributed by atoms with E-state index in [1.54, 1.807) is 43.3 Å². The number of carboxylic acid groups (broad SMARTS) is 1. The summed E-state index contributed by atoms with van der Waals surface area (Å²) in [6.07, 6.45) is 17.7. The molecule has 0 amide bonds. The van der Waals surface area contributed by atoms with Crippen LogP contribution in [0.1, 0.15) is 113 Å². The van der Waals surface area contributed by atoms with Crippen LogP contribution in [0.25, 0.3) is 61.2 Å². The molecule has 3 atom stereocenters. The Balaban J connectivity index is 0.000000137. The molecule has 0 saturated carbocycles. The third-order valence-electron chi connectivity index (χ3n) is 20.7. The third kappa shape index (κ3) is 17.2. The smallest absolute Gasteiger partial charge is 0.327 e. The summed E-state index contributed by atoms with van der Waals surface area (Å²) in [6.45, 7) is 22.1. The van der Waals surface area contributed by atoms with Crippen molar-refractivity contribution in [1.82, 2.24) is 64.0 Å². The summed E-state index contributed by atoms with van der Waals surface area (Å²) in [5, 5.41) is 27.8.